The molecular formula is C15H11N5O3. The van der Waals surface area contributed by atoms with Crippen molar-refractivity contribution in [2.24, 2.45) is 0 Å². The summed E-state index contributed by atoms with van der Waals surface area (Å²) in [6, 6.07) is 12.2. The lowest BCUT2D eigenvalue weighted by atomic mass is 10.2. The molecule has 3 rings (SSSR count). The Hall–Kier alpha value is -3.55. The van der Waals surface area contributed by atoms with Gasteiger partial charge in [-0.3, -0.25) is 14.3 Å². The van der Waals surface area contributed by atoms with E-state index in [1.165, 1.54) is 29.4 Å². The fraction of sp³-hybridized carbons (Fsp3) is 0. The van der Waals surface area contributed by atoms with E-state index in [0.29, 0.717) is 11.4 Å². The van der Waals surface area contributed by atoms with Crippen molar-refractivity contribution in [1.29, 1.82) is 0 Å². The van der Waals surface area contributed by atoms with E-state index in [1.807, 2.05) is 18.2 Å². The Morgan fingerprint density at radius 3 is 2.65 bits per heavy atom. The molecule has 0 saturated carbocycles. The first kappa shape index (κ1) is 14.4. The summed E-state index contributed by atoms with van der Waals surface area (Å²) in [4.78, 5) is 30.0. The summed E-state index contributed by atoms with van der Waals surface area (Å²) in [7, 11) is 0. The largest absolute Gasteiger partial charge is 0.381 e. The molecule has 1 aromatic carbocycles. The normalized spacial score (nSPS) is 10.3. The number of hydrogen-bond acceptors (Lipinski definition) is 5. The number of rotatable bonds is 4. The van der Waals surface area contributed by atoms with E-state index in [0.717, 1.165) is 0 Å². The van der Waals surface area contributed by atoms with E-state index in [1.54, 1.807) is 18.2 Å². The van der Waals surface area contributed by atoms with Crippen molar-refractivity contribution in [2.45, 2.75) is 0 Å². The number of anilines is 1. The van der Waals surface area contributed by atoms with Crippen LogP contribution in [0, 0.1) is 10.1 Å². The molecule has 0 aliphatic carbocycles. The molecule has 2 aromatic heterocycles. The van der Waals surface area contributed by atoms with E-state index < -0.39 is 4.92 Å². The molecule has 1 N–H and O–H groups in total. The van der Waals surface area contributed by atoms with Gasteiger partial charge in [0.25, 0.3) is 5.91 Å². The second kappa shape index (κ2) is 6.06. The summed E-state index contributed by atoms with van der Waals surface area (Å²) in [5.41, 5.74) is 1.41. The quantitative estimate of drug-likeness (QED) is 0.589. The molecule has 0 radical (unpaired) electrons. The lowest BCUT2D eigenvalue weighted by Crippen LogP contribution is -2.13. The Morgan fingerprint density at radius 1 is 1.17 bits per heavy atom. The van der Waals surface area contributed by atoms with Gasteiger partial charge in [0.05, 0.1) is 5.69 Å². The van der Waals surface area contributed by atoms with E-state index >= 15 is 0 Å². The smallest absolute Gasteiger partial charge is 0.358 e. The number of amides is 1. The SMILES string of the molecule is O=C(Nc1ccccc1)c1cc(-n2cnc([N+](=O)[O-])c2)ccn1. The van der Waals surface area contributed by atoms with Gasteiger partial charge in [-0.15, -0.1) is 0 Å². The zero-order chi connectivity index (χ0) is 16.2. The maximum Gasteiger partial charge on any atom is 0.381 e. The third-order valence-electron chi connectivity index (χ3n) is 3.06. The Morgan fingerprint density at radius 2 is 1.96 bits per heavy atom. The fourth-order valence-electron chi connectivity index (χ4n) is 1.97. The van der Waals surface area contributed by atoms with E-state index in [-0.39, 0.29) is 17.4 Å². The standard InChI is InChI=1S/C15H11N5O3/c21-15(18-11-4-2-1-3-5-11)13-8-12(6-7-16-13)19-9-14(17-10-19)20(22)23/h1-10H,(H,18,21). The molecule has 0 unspecified atom stereocenters. The van der Waals surface area contributed by atoms with Crippen molar-refractivity contribution >= 4 is 17.4 Å². The first-order chi connectivity index (χ1) is 11.1. The van der Waals surface area contributed by atoms with Gasteiger partial charge in [0, 0.05) is 11.9 Å². The Balaban J connectivity index is 1.84. The van der Waals surface area contributed by atoms with Crippen LogP contribution in [0.1, 0.15) is 10.5 Å². The molecule has 0 atom stereocenters. The first-order valence-corrected chi connectivity index (χ1v) is 6.65. The minimum Gasteiger partial charge on any atom is -0.358 e. The molecule has 0 fully saturated rings. The maximum absolute atomic E-state index is 12.2. The highest BCUT2D eigenvalue weighted by molar-refractivity contribution is 6.03. The molecule has 0 bridgehead atoms. The van der Waals surface area contributed by atoms with Crippen LogP contribution in [0.4, 0.5) is 11.5 Å². The molecule has 0 saturated heterocycles. The van der Waals surface area contributed by atoms with Crippen LogP contribution >= 0.6 is 0 Å². The van der Waals surface area contributed by atoms with Gasteiger partial charge in [0.15, 0.2) is 0 Å². The van der Waals surface area contributed by atoms with Gasteiger partial charge >= 0.3 is 5.82 Å². The topological polar surface area (TPSA) is 103 Å². The van der Waals surface area contributed by atoms with E-state index in [2.05, 4.69) is 15.3 Å². The van der Waals surface area contributed by atoms with Crippen LogP contribution in [0.2, 0.25) is 0 Å². The number of imidazole rings is 1. The second-order valence-corrected chi connectivity index (χ2v) is 4.62. The predicted molar refractivity (Wildman–Crippen MR) is 82.4 cm³/mol. The van der Waals surface area contributed by atoms with Crippen LogP contribution in [0.3, 0.4) is 0 Å². The van der Waals surface area contributed by atoms with Crippen LogP contribution in [0.25, 0.3) is 5.69 Å². The molecule has 8 nitrogen and oxygen atoms in total. The number of carbonyl (C=O) groups excluding carboxylic acids is 1. The monoisotopic (exact) mass is 309 g/mol. The molecule has 0 spiro atoms. The third-order valence-corrected chi connectivity index (χ3v) is 3.06. The van der Waals surface area contributed by atoms with Gasteiger partial charge in [-0.1, -0.05) is 18.2 Å². The van der Waals surface area contributed by atoms with Crippen molar-refractivity contribution < 1.29 is 9.72 Å². The van der Waals surface area contributed by atoms with Crippen LogP contribution in [0.5, 0.6) is 0 Å². The lowest BCUT2D eigenvalue weighted by Gasteiger charge is -2.06. The van der Waals surface area contributed by atoms with Crippen molar-refractivity contribution in [3.8, 4) is 5.69 Å². The van der Waals surface area contributed by atoms with Crippen LogP contribution in [-0.4, -0.2) is 25.4 Å². The highest BCUT2D eigenvalue weighted by Gasteiger charge is 2.13. The third kappa shape index (κ3) is 3.21. The van der Waals surface area contributed by atoms with Crippen molar-refractivity contribution in [3.63, 3.8) is 0 Å². The number of nitrogens with one attached hydrogen (secondary N) is 1. The highest BCUT2D eigenvalue weighted by atomic mass is 16.6. The number of nitrogens with zero attached hydrogens (tertiary/aromatic N) is 4. The van der Waals surface area contributed by atoms with Crippen molar-refractivity contribution in [1.82, 2.24) is 14.5 Å². The highest BCUT2D eigenvalue weighted by Crippen LogP contribution is 2.14. The fourth-order valence-corrected chi connectivity index (χ4v) is 1.97. The van der Waals surface area contributed by atoms with Crippen molar-refractivity contribution in [3.05, 3.63) is 77.0 Å². The molecule has 0 aliphatic rings. The predicted octanol–water partition coefficient (Wildman–Crippen LogP) is 2.43. The average Bonchev–Trinajstić information content (AvgIpc) is 3.06. The molecule has 8 heteroatoms. The Kier molecular flexibility index (Phi) is 3.79. The lowest BCUT2D eigenvalue weighted by molar-refractivity contribution is -0.389. The van der Waals surface area contributed by atoms with Gasteiger partial charge in [-0.2, -0.15) is 0 Å². The number of para-hydroxylation sites is 1. The van der Waals surface area contributed by atoms with E-state index in [4.69, 9.17) is 0 Å². The number of nitro groups is 1. The number of aromatic nitrogens is 3. The van der Waals surface area contributed by atoms with Gasteiger partial charge in [-0.25, -0.2) is 0 Å². The van der Waals surface area contributed by atoms with Crippen LogP contribution in [-0.2, 0) is 0 Å². The molecule has 2 heterocycles. The van der Waals surface area contributed by atoms with Gasteiger partial charge in [-0.05, 0) is 34.2 Å². The summed E-state index contributed by atoms with van der Waals surface area (Å²) < 4.78 is 1.46. The van der Waals surface area contributed by atoms with Gasteiger partial charge < -0.3 is 15.4 Å². The molecular weight excluding hydrogens is 298 g/mol. The molecule has 3 aromatic rings. The Labute approximate surface area is 130 Å². The number of carbonyl (C=O) groups is 1. The van der Waals surface area contributed by atoms with Crippen LogP contribution < -0.4 is 5.32 Å². The van der Waals surface area contributed by atoms with E-state index in [9.17, 15) is 14.9 Å². The van der Waals surface area contributed by atoms with Gasteiger partial charge in [0.1, 0.15) is 11.9 Å². The minimum absolute atomic E-state index is 0.197. The average molecular weight is 309 g/mol. The molecule has 114 valence electrons. The summed E-state index contributed by atoms with van der Waals surface area (Å²) in [6.07, 6.45) is 4.04. The van der Waals surface area contributed by atoms with Crippen LogP contribution in [0.15, 0.2) is 61.2 Å². The summed E-state index contributed by atoms with van der Waals surface area (Å²) in [6.45, 7) is 0. The minimum atomic E-state index is -0.583. The number of pyridine rings is 1. The summed E-state index contributed by atoms with van der Waals surface area (Å²) in [5.74, 6) is -0.634. The van der Waals surface area contributed by atoms with Crippen molar-refractivity contribution in [2.75, 3.05) is 5.32 Å². The zero-order valence-electron chi connectivity index (χ0n) is 11.8. The second-order valence-electron chi connectivity index (χ2n) is 4.62. The number of hydrogen-bond donors (Lipinski definition) is 1. The molecule has 0 aliphatic heterocycles. The zero-order valence-corrected chi connectivity index (χ0v) is 11.8. The number of benzene rings is 1. The van der Waals surface area contributed by atoms with Gasteiger partial charge in [0.2, 0.25) is 6.33 Å². The first-order valence-electron chi connectivity index (χ1n) is 6.65. The summed E-state index contributed by atoms with van der Waals surface area (Å²) >= 11 is 0. The Bertz CT molecular complexity index is 860. The summed E-state index contributed by atoms with van der Waals surface area (Å²) in [5, 5.41) is 13.4. The molecule has 1 amide bonds. The molecule has 23 heavy (non-hydrogen) atoms. The maximum atomic E-state index is 12.2.